The first-order valence-corrected chi connectivity index (χ1v) is 9.99. The summed E-state index contributed by atoms with van der Waals surface area (Å²) in [6.45, 7) is 0.221. The van der Waals surface area contributed by atoms with Crippen LogP contribution in [-0.4, -0.2) is 34.6 Å². The minimum atomic E-state index is -1.06. The predicted molar refractivity (Wildman–Crippen MR) is 110 cm³/mol. The number of hydrogen-bond donors (Lipinski definition) is 2. The number of imide groups is 1. The van der Waals surface area contributed by atoms with Gasteiger partial charge in [0.2, 0.25) is 11.8 Å². The van der Waals surface area contributed by atoms with E-state index in [1.807, 2.05) is 0 Å². The molecular weight excluding hydrogens is 420 g/mol. The molecule has 0 bridgehead atoms. The maximum absolute atomic E-state index is 14.1. The minimum absolute atomic E-state index is 0.0170. The van der Waals surface area contributed by atoms with Crippen LogP contribution in [0.15, 0.2) is 48.3 Å². The molecule has 4 rings (SSSR count). The van der Waals surface area contributed by atoms with Crippen LogP contribution in [0, 0.1) is 5.82 Å². The quantitative estimate of drug-likeness (QED) is 0.552. The van der Waals surface area contributed by atoms with E-state index in [1.165, 1.54) is 23.1 Å². The van der Waals surface area contributed by atoms with Gasteiger partial charge in [-0.25, -0.2) is 8.78 Å². The van der Waals surface area contributed by atoms with Crippen LogP contribution in [0.3, 0.4) is 0 Å². The second kappa shape index (κ2) is 8.70. The molecule has 2 aliphatic rings. The van der Waals surface area contributed by atoms with E-state index in [0.29, 0.717) is 16.7 Å². The summed E-state index contributed by atoms with van der Waals surface area (Å²) in [6.07, 6.45) is 1.38. The van der Waals surface area contributed by atoms with E-state index in [1.54, 1.807) is 18.2 Å². The topological polar surface area (TPSA) is 95.6 Å². The Morgan fingerprint density at radius 3 is 2.75 bits per heavy atom. The number of hydrogen-bond acceptors (Lipinski definition) is 4. The van der Waals surface area contributed by atoms with Crippen molar-refractivity contribution in [3.63, 3.8) is 0 Å². The highest BCUT2D eigenvalue weighted by Gasteiger charge is 2.39. The summed E-state index contributed by atoms with van der Waals surface area (Å²) >= 11 is 0. The lowest BCUT2D eigenvalue weighted by Crippen LogP contribution is -2.52. The van der Waals surface area contributed by atoms with Crippen molar-refractivity contribution >= 4 is 29.7 Å². The highest BCUT2D eigenvalue weighted by Crippen LogP contribution is 2.28. The zero-order valence-electron chi connectivity index (χ0n) is 16.9. The van der Waals surface area contributed by atoms with Gasteiger partial charge in [0.1, 0.15) is 11.9 Å². The van der Waals surface area contributed by atoms with E-state index in [-0.39, 0.29) is 43.3 Å². The van der Waals surface area contributed by atoms with Crippen LogP contribution in [0.5, 0.6) is 0 Å². The fourth-order valence-corrected chi connectivity index (χ4v) is 3.81. The molecule has 1 atom stereocenters. The molecule has 2 aromatic rings. The molecule has 2 aliphatic heterocycles. The van der Waals surface area contributed by atoms with Crippen molar-refractivity contribution in [1.29, 1.82) is 0 Å². The first-order chi connectivity index (χ1) is 15.3. The van der Waals surface area contributed by atoms with E-state index in [4.69, 9.17) is 0 Å². The fraction of sp³-hybridized carbons (Fsp3) is 0.217. The normalized spacial score (nSPS) is 18.4. The van der Waals surface area contributed by atoms with Gasteiger partial charge in [-0.1, -0.05) is 24.3 Å². The number of carbonyl (C=O) groups is 4. The summed E-state index contributed by atoms with van der Waals surface area (Å²) in [6, 6.07) is 9.46. The Morgan fingerprint density at radius 1 is 1.19 bits per heavy atom. The largest absolute Gasteiger partial charge is 0.346 e. The molecule has 9 heteroatoms. The number of rotatable bonds is 5. The minimum Gasteiger partial charge on any atom is -0.346 e. The number of halogens is 2. The number of nitrogens with zero attached hydrogens (tertiary/aromatic N) is 1. The standard InChI is InChI=1S/C23H19F2N3O4/c24-16-3-1-2-13(9-16)10-18(25)21(30)26-11-14-4-5-17-15(8-14)12-28(23(17)32)19-6-7-20(29)27-22(19)31/h1-5,8-10,19H,6-7,11-12H2,(H,26,30)(H,27,29,31)/b18-10-. The van der Waals surface area contributed by atoms with E-state index in [0.717, 1.165) is 12.1 Å². The Kier molecular flexibility index (Phi) is 5.81. The van der Waals surface area contributed by atoms with Crippen molar-refractivity contribution in [3.8, 4) is 0 Å². The lowest BCUT2D eigenvalue weighted by Gasteiger charge is -2.29. The first-order valence-electron chi connectivity index (χ1n) is 9.99. The molecule has 1 saturated heterocycles. The molecule has 2 aromatic carbocycles. The second-order valence-electron chi connectivity index (χ2n) is 7.62. The molecule has 0 aliphatic carbocycles. The lowest BCUT2D eigenvalue weighted by molar-refractivity contribution is -0.137. The summed E-state index contributed by atoms with van der Waals surface area (Å²) in [5.41, 5.74) is 2.00. The van der Waals surface area contributed by atoms with Crippen LogP contribution in [-0.2, 0) is 27.5 Å². The summed E-state index contributed by atoms with van der Waals surface area (Å²) in [5.74, 6) is -3.69. The average Bonchev–Trinajstić information content (AvgIpc) is 3.07. The van der Waals surface area contributed by atoms with E-state index in [2.05, 4.69) is 10.6 Å². The molecule has 7 nitrogen and oxygen atoms in total. The zero-order valence-corrected chi connectivity index (χ0v) is 16.9. The Hall–Kier alpha value is -3.88. The highest BCUT2D eigenvalue weighted by atomic mass is 19.1. The van der Waals surface area contributed by atoms with Crippen LogP contribution < -0.4 is 10.6 Å². The van der Waals surface area contributed by atoms with Gasteiger partial charge < -0.3 is 10.2 Å². The van der Waals surface area contributed by atoms with Gasteiger partial charge in [-0.15, -0.1) is 0 Å². The van der Waals surface area contributed by atoms with Gasteiger partial charge in [-0.2, -0.15) is 0 Å². The summed E-state index contributed by atoms with van der Waals surface area (Å²) in [4.78, 5) is 49.6. The van der Waals surface area contributed by atoms with Crippen molar-refractivity contribution in [2.45, 2.75) is 32.0 Å². The molecule has 1 fully saturated rings. The Morgan fingerprint density at radius 2 is 2.00 bits per heavy atom. The third-order valence-corrected chi connectivity index (χ3v) is 5.40. The van der Waals surface area contributed by atoms with Crippen molar-refractivity contribution in [1.82, 2.24) is 15.5 Å². The predicted octanol–water partition coefficient (Wildman–Crippen LogP) is 2.21. The number of fused-ring (bicyclic) bond motifs is 1. The molecule has 4 amide bonds. The van der Waals surface area contributed by atoms with Gasteiger partial charge in [-0.05, 0) is 47.4 Å². The maximum Gasteiger partial charge on any atom is 0.280 e. The van der Waals surface area contributed by atoms with Crippen molar-refractivity contribution < 1.29 is 28.0 Å². The molecule has 0 aromatic heterocycles. The zero-order chi connectivity index (χ0) is 22.8. The number of amides is 4. The molecular formula is C23H19F2N3O4. The third-order valence-electron chi connectivity index (χ3n) is 5.40. The lowest BCUT2D eigenvalue weighted by atomic mass is 10.0. The third kappa shape index (κ3) is 4.41. The maximum atomic E-state index is 14.1. The van der Waals surface area contributed by atoms with Gasteiger partial charge in [0.15, 0.2) is 5.83 Å². The molecule has 0 radical (unpaired) electrons. The smallest absolute Gasteiger partial charge is 0.280 e. The van der Waals surface area contributed by atoms with Gasteiger partial charge in [0.25, 0.3) is 11.8 Å². The Balaban J connectivity index is 1.40. The Bertz CT molecular complexity index is 1160. The van der Waals surface area contributed by atoms with Crippen LogP contribution >= 0.6 is 0 Å². The Labute approximate surface area is 182 Å². The molecule has 0 saturated carbocycles. The number of benzene rings is 2. The SMILES string of the molecule is O=C1CCC(N2Cc3cc(CNC(=O)/C(F)=C/c4cccc(F)c4)ccc3C2=O)C(=O)N1. The van der Waals surface area contributed by atoms with Crippen LogP contribution in [0.4, 0.5) is 8.78 Å². The van der Waals surface area contributed by atoms with Gasteiger partial charge in [0, 0.05) is 25.1 Å². The molecule has 1 unspecified atom stereocenters. The van der Waals surface area contributed by atoms with E-state index < -0.39 is 29.5 Å². The number of nitrogens with one attached hydrogen (secondary N) is 2. The van der Waals surface area contributed by atoms with Crippen LogP contribution in [0.2, 0.25) is 0 Å². The van der Waals surface area contributed by atoms with Crippen molar-refractivity contribution in [2.75, 3.05) is 0 Å². The molecule has 2 heterocycles. The molecule has 2 N–H and O–H groups in total. The molecule has 32 heavy (non-hydrogen) atoms. The van der Waals surface area contributed by atoms with Crippen molar-refractivity contribution in [3.05, 3.63) is 76.4 Å². The number of carbonyl (C=O) groups excluding carboxylic acids is 4. The number of piperidine rings is 1. The van der Waals surface area contributed by atoms with Crippen LogP contribution in [0.1, 0.15) is 39.9 Å². The summed E-state index contributed by atoms with van der Waals surface area (Å²) in [7, 11) is 0. The van der Waals surface area contributed by atoms with E-state index >= 15 is 0 Å². The van der Waals surface area contributed by atoms with E-state index in [9.17, 15) is 28.0 Å². The monoisotopic (exact) mass is 439 g/mol. The van der Waals surface area contributed by atoms with Gasteiger partial charge in [0.05, 0.1) is 0 Å². The first kappa shape index (κ1) is 21.4. The van der Waals surface area contributed by atoms with Gasteiger partial charge >= 0.3 is 0 Å². The molecule has 164 valence electrons. The molecule has 0 spiro atoms. The summed E-state index contributed by atoms with van der Waals surface area (Å²) < 4.78 is 27.3. The fourth-order valence-electron chi connectivity index (χ4n) is 3.81. The van der Waals surface area contributed by atoms with Crippen LogP contribution in [0.25, 0.3) is 6.08 Å². The second-order valence-corrected chi connectivity index (χ2v) is 7.62. The highest BCUT2D eigenvalue weighted by molar-refractivity contribution is 6.05. The van der Waals surface area contributed by atoms with Gasteiger partial charge in [-0.3, -0.25) is 24.5 Å². The summed E-state index contributed by atoms with van der Waals surface area (Å²) in [5, 5.41) is 4.69. The van der Waals surface area contributed by atoms with Crippen molar-refractivity contribution in [2.24, 2.45) is 0 Å². The average molecular weight is 439 g/mol.